The Morgan fingerprint density at radius 3 is 2.50 bits per heavy atom. The average Bonchev–Trinajstić information content (AvgIpc) is 2.00. The van der Waals surface area contributed by atoms with Gasteiger partial charge in [-0.25, -0.2) is 0 Å². The lowest BCUT2D eigenvalue weighted by Gasteiger charge is -2.39. The summed E-state index contributed by atoms with van der Waals surface area (Å²) in [4.78, 5) is 11.7. The van der Waals surface area contributed by atoms with Crippen LogP contribution in [0.5, 0.6) is 0 Å². The molecule has 1 saturated carbocycles. The Balaban J connectivity index is 2.49. The lowest BCUT2D eigenvalue weighted by molar-refractivity contribution is -0.132. The Bertz CT molecular complexity index is 182. The van der Waals surface area contributed by atoms with E-state index >= 15 is 0 Å². The van der Waals surface area contributed by atoms with Gasteiger partial charge in [0.05, 0.1) is 0 Å². The van der Waals surface area contributed by atoms with Crippen molar-refractivity contribution in [2.45, 2.75) is 46.0 Å². The van der Waals surface area contributed by atoms with Crippen LogP contribution in [-0.2, 0) is 4.79 Å². The van der Waals surface area contributed by atoms with Gasteiger partial charge in [0.1, 0.15) is 5.78 Å². The van der Waals surface area contributed by atoms with Crippen LogP contribution in [0.25, 0.3) is 0 Å². The number of carbonyl (C=O) groups is 1. The fourth-order valence-corrected chi connectivity index (χ4v) is 1.87. The first-order chi connectivity index (χ1) is 5.75. The molecule has 0 amide bonds. The average molecular weight is 166 g/mol. The van der Waals surface area contributed by atoms with Gasteiger partial charge in [0.15, 0.2) is 0 Å². The fourth-order valence-electron chi connectivity index (χ4n) is 1.87. The number of allylic oxidation sites excluding steroid dienone is 2. The fraction of sp³-hybridized carbons (Fsp3) is 0.727. The maximum absolute atomic E-state index is 11.7. The van der Waals surface area contributed by atoms with Crippen molar-refractivity contribution in [2.24, 2.45) is 5.41 Å². The number of Topliss-reactive ketones (excluding diaryl/α,β-unsaturated/α-hetero) is 1. The molecule has 0 N–H and O–H groups in total. The molecule has 0 aromatic heterocycles. The summed E-state index contributed by atoms with van der Waals surface area (Å²) in [7, 11) is 0. The van der Waals surface area contributed by atoms with Gasteiger partial charge in [-0.05, 0) is 26.2 Å². The second kappa shape index (κ2) is 3.88. The molecule has 68 valence electrons. The molecule has 1 aliphatic rings. The molecule has 0 aliphatic heterocycles. The van der Waals surface area contributed by atoms with Gasteiger partial charge in [0.25, 0.3) is 0 Å². The van der Waals surface area contributed by atoms with Crippen LogP contribution in [0.2, 0.25) is 0 Å². The van der Waals surface area contributed by atoms with Crippen LogP contribution in [0, 0.1) is 5.41 Å². The SMILES string of the molecule is CC=CCC(=O)C1(CC)CCC1. The maximum Gasteiger partial charge on any atom is 0.142 e. The summed E-state index contributed by atoms with van der Waals surface area (Å²) in [6.07, 6.45) is 9.10. The summed E-state index contributed by atoms with van der Waals surface area (Å²) in [5.41, 5.74) is 0.0828. The Morgan fingerprint density at radius 2 is 2.17 bits per heavy atom. The molecule has 1 aliphatic carbocycles. The van der Waals surface area contributed by atoms with Crippen LogP contribution in [0.15, 0.2) is 12.2 Å². The molecule has 1 heteroatoms. The van der Waals surface area contributed by atoms with Crippen molar-refractivity contribution in [3.8, 4) is 0 Å². The highest BCUT2D eigenvalue weighted by Gasteiger charge is 2.40. The van der Waals surface area contributed by atoms with Crippen LogP contribution in [0.3, 0.4) is 0 Å². The van der Waals surface area contributed by atoms with Crippen LogP contribution < -0.4 is 0 Å². The van der Waals surface area contributed by atoms with Gasteiger partial charge in [-0.1, -0.05) is 25.5 Å². The summed E-state index contributed by atoms with van der Waals surface area (Å²) in [5.74, 6) is 0.453. The molecule has 0 saturated heterocycles. The van der Waals surface area contributed by atoms with E-state index in [0.29, 0.717) is 12.2 Å². The lowest BCUT2D eigenvalue weighted by atomic mass is 9.64. The first kappa shape index (κ1) is 9.50. The molecule has 0 spiro atoms. The van der Waals surface area contributed by atoms with Crippen molar-refractivity contribution >= 4 is 5.78 Å². The van der Waals surface area contributed by atoms with E-state index < -0.39 is 0 Å². The predicted octanol–water partition coefficient (Wildman–Crippen LogP) is 3.10. The molecular weight excluding hydrogens is 148 g/mol. The summed E-state index contributed by atoms with van der Waals surface area (Å²) in [5, 5.41) is 0. The van der Waals surface area contributed by atoms with E-state index in [4.69, 9.17) is 0 Å². The van der Waals surface area contributed by atoms with Crippen LogP contribution in [0.1, 0.15) is 46.0 Å². The van der Waals surface area contributed by atoms with Gasteiger partial charge >= 0.3 is 0 Å². The van der Waals surface area contributed by atoms with E-state index in [-0.39, 0.29) is 5.41 Å². The van der Waals surface area contributed by atoms with Crippen molar-refractivity contribution in [1.82, 2.24) is 0 Å². The van der Waals surface area contributed by atoms with Crippen LogP contribution in [0.4, 0.5) is 0 Å². The van der Waals surface area contributed by atoms with Crippen molar-refractivity contribution in [3.05, 3.63) is 12.2 Å². The van der Waals surface area contributed by atoms with E-state index in [1.165, 1.54) is 6.42 Å². The minimum Gasteiger partial charge on any atom is -0.299 e. The van der Waals surface area contributed by atoms with E-state index in [0.717, 1.165) is 19.3 Å². The Labute approximate surface area is 74.9 Å². The van der Waals surface area contributed by atoms with Crippen molar-refractivity contribution in [2.75, 3.05) is 0 Å². The number of ketones is 1. The summed E-state index contributed by atoms with van der Waals surface area (Å²) in [6.45, 7) is 4.10. The number of rotatable bonds is 4. The minimum absolute atomic E-state index is 0.0828. The molecule has 0 aromatic carbocycles. The standard InChI is InChI=1S/C11H18O/c1-3-5-7-10(12)11(4-2)8-6-9-11/h3,5H,4,6-9H2,1-2H3. The highest BCUT2D eigenvalue weighted by Crippen LogP contribution is 2.45. The Morgan fingerprint density at radius 1 is 1.50 bits per heavy atom. The smallest absolute Gasteiger partial charge is 0.142 e. The largest absolute Gasteiger partial charge is 0.299 e. The monoisotopic (exact) mass is 166 g/mol. The summed E-state index contributed by atoms with van der Waals surface area (Å²) >= 11 is 0. The third kappa shape index (κ3) is 1.60. The molecule has 0 radical (unpaired) electrons. The van der Waals surface area contributed by atoms with Crippen molar-refractivity contribution in [3.63, 3.8) is 0 Å². The minimum atomic E-state index is 0.0828. The highest BCUT2D eigenvalue weighted by atomic mass is 16.1. The maximum atomic E-state index is 11.7. The van der Waals surface area contributed by atoms with E-state index in [1.807, 2.05) is 19.1 Å². The molecule has 12 heavy (non-hydrogen) atoms. The van der Waals surface area contributed by atoms with Crippen LogP contribution >= 0.6 is 0 Å². The third-order valence-corrected chi connectivity index (χ3v) is 3.12. The van der Waals surface area contributed by atoms with Crippen LogP contribution in [-0.4, -0.2) is 5.78 Å². The zero-order valence-electron chi connectivity index (χ0n) is 8.10. The van der Waals surface area contributed by atoms with Gasteiger partial charge in [0, 0.05) is 11.8 Å². The first-order valence-corrected chi connectivity index (χ1v) is 4.89. The quantitative estimate of drug-likeness (QED) is 0.586. The molecule has 1 nitrogen and oxygen atoms in total. The number of carbonyl (C=O) groups excluding carboxylic acids is 1. The van der Waals surface area contributed by atoms with E-state index in [9.17, 15) is 4.79 Å². The third-order valence-electron chi connectivity index (χ3n) is 3.12. The number of hydrogen-bond acceptors (Lipinski definition) is 1. The first-order valence-electron chi connectivity index (χ1n) is 4.89. The molecule has 1 rings (SSSR count). The lowest BCUT2D eigenvalue weighted by Crippen LogP contribution is -2.36. The molecule has 0 atom stereocenters. The van der Waals surface area contributed by atoms with Crippen molar-refractivity contribution < 1.29 is 4.79 Å². The van der Waals surface area contributed by atoms with Crippen molar-refractivity contribution in [1.29, 1.82) is 0 Å². The topological polar surface area (TPSA) is 17.1 Å². The Hall–Kier alpha value is -0.590. The zero-order chi connectivity index (χ0) is 9.03. The van der Waals surface area contributed by atoms with Gasteiger partial charge in [0.2, 0.25) is 0 Å². The molecule has 0 bridgehead atoms. The van der Waals surface area contributed by atoms with Gasteiger partial charge < -0.3 is 0 Å². The Kier molecular flexibility index (Phi) is 3.07. The van der Waals surface area contributed by atoms with Gasteiger partial charge in [-0.2, -0.15) is 0 Å². The zero-order valence-corrected chi connectivity index (χ0v) is 8.10. The molecule has 0 unspecified atom stereocenters. The number of hydrogen-bond donors (Lipinski definition) is 0. The van der Waals surface area contributed by atoms with E-state index in [1.54, 1.807) is 0 Å². The van der Waals surface area contributed by atoms with Gasteiger partial charge in [-0.15, -0.1) is 0 Å². The summed E-state index contributed by atoms with van der Waals surface area (Å²) in [6, 6.07) is 0. The van der Waals surface area contributed by atoms with Gasteiger partial charge in [-0.3, -0.25) is 4.79 Å². The molecular formula is C11H18O. The second-order valence-corrected chi connectivity index (χ2v) is 3.68. The van der Waals surface area contributed by atoms with E-state index in [2.05, 4.69) is 6.92 Å². The normalized spacial score (nSPS) is 20.8. The second-order valence-electron chi connectivity index (χ2n) is 3.68. The molecule has 0 aromatic rings. The molecule has 0 heterocycles. The summed E-state index contributed by atoms with van der Waals surface area (Å²) < 4.78 is 0. The molecule has 1 fully saturated rings. The highest BCUT2D eigenvalue weighted by molar-refractivity contribution is 5.86. The predicted molar refractivity (Wildman–Crippen MR) is 51.0 cm³/mol.